The van der Waals surface area contributed by atoms with Crippen molar-refractivity contribution in [2.45, 2.75) is 51.7 Å². The zero-order valence-electron chi connectivity index (χ0n) is 11.0. The number of aliphatic hydroxyl groups excluding tert-OH is 1. The predicted octanol–water partition coefficient (Wildman–Crippen LogP) is 2.36. The fourth-order valence-electron chi connectivity index (χ4n) is 3.88. The molecule has 98 valence electrons. The van der Waals surface area contributed by atoms with E-state index in [9.17, 15) is 9.90 Å². The molecule has 4 atom stereocenters. The molecule has 2 aliphatic carbocycles. The topological polar surface area (TPSA) is 46.5 Å². The third kappa shape index (κ3) is 1.50. The summed E-state index contributed by atoms with van der Waals surface area (Å²) < 4.78 is 5.45. The van der Waals surface area contributed by atoms with E-state index < -0.39 is 0 Å². The van der Waals surface area contributed by atoms with Crippen molar-refractivity contribution < 1.29 is 14.6 Å². The van der Waals surface area contributed by atoms with Crippen LogP contribution < -0.4 is 0 Å². The maximum atomic E-state index is 11.6. The Hall–Kier alpha value is -1.09. The molecule has 0 aromatic carbocycles. The summed E-state index contributed by atoms with van der Waals surface area (Å²) in [4.78, 5) is 11.6. The van der Waals surface area contributed by atoms with Crippen LogP contribution in [0.4, 0.5) is 0 Å². The van der Waals surface area contributed by atoms with E-state index in [1.54, 1.807) is 0 Å². The number of rotatable bonds is 0. The van der Waals surface area contributed by atoms with E-state index in [0.717, 1.165) is 42.4 Å². The molecule has 0 amide bonds. The first-order valence-electron chi connectivity index (χ1n) is 6.70. The molecule has 2 saturated carbocycles. The van der Waals surface area contributed by atoms with Gasteiger partial charge in [-0.15, -0.1) is 0 Å². The zero-order valence-corrected chi connectivity index (χ0v) is 11.0. The minimum absolute atomic E-state index is 0.0261. The Balaban J connectivity index is 1.96. The van der Waals surface area contributed by atoms with E-state index in [4.69, 9.17) is 4.74 Å². The molecule has 0 aromatic rings. The van der Waals surface area contributed by atoms with Crippen LogP contribution in [0.1, 0.15) is 39.5 Å². The number of carbonyl (C=O) groups excluding carboxylic acids is 1. The van der Waals surface area contributed by atoms with E-state index in [2.05, 4.69) is 13.5 Å². The second-order valence-corrected chi connectivity index (χ2v) is 6.29. The number of hydrogen-bond acceptors (Lipinski definition) is 3. The van der Waals surface area contributed by atoms with Gasteiger partial charge in [-0.2, -0.15) is 0 Å². The Morgan fingerprint density at radius 1 is 1.50 bits per heavy atom. The molecule has 0 aromatic heterocycles. The number of ether oxygens (including phenoxy) is 1. The molecule has 0 unspecified atom stereocenters. The second-order valence-electron chi connectivity index (χ2n) is 6.29. The summed E-state index contributed by atoms with van der Waals surface area (Å²) >= 11 is 0. The molecular formula is C15H20O3. The summed E-state index contributed by atoms with van der Waals surface area (Å²) in [6, 6.07) is 0. The van der Waals surface area contributed by atoms with Crippen LogP contribution in [-0.2, 0) is 9.53 Å². The normalized spacial score (nSPS) is 43.6. The predicted molar refractivity (Wildman–Crippen MR) is 67.8 cm³/mol. The van der Waals surface area contributed by atoms with Gasteiger partial charge in [0.15, 0.2) is 0 Å². The molecule has 0 radical (unpaired) electrons. The van der Waals surface area contributed by atoms with Gasteiger partial charge in [0.2, 0.25) is 0 Å². The molecule has 3 heteroatoms. The van der Waals surface area contributed by atoms with Gasteiger partial charge in [0.1, 0.15) is 6.10 Å². The van der Waals surface area contributed by atoms with Gasteiger partial charge in [0, 0.05) is 5.57 Å². The number of aliphatic hydroxyl groups is 1. The van der Waals surface area contributed by atoms with Crippen molar-refractivity contribution in [1.29, 1.82) is 0 Å². The lowest BCUT2D eigenvalue weighted by Gasteiger charge is -2.49. The summed E-state index contributed by atoms with van der Waals surface area (Å²) in [6.45, 7) is 8.18. The van der Waals surface area contributed by atoms with Gasteiger partial charge >= 0.3 is 5.97 Å². The van der Waals surface area contributed by atoms with E-state index in [-0.39, 0.29) is 29.5 Å². The number of esters is 1. The molecular weight excluding hydrogens is 228 g/mol. The molecule has 1 heterocycles. The van der Waals surface area contributed by atoms with Crippen LogP contribution in [0.2, 0.25) is 0 Å². The van der Waals surface area contributed by atoms with Crippen LogP contribution in [0.25, 0.3) is 0 Å². The van der Waals surface area contributed by atoms with Crippen LogP contribution >= 0.6 is 0 Å². The quantitative estimate of drug-likeness (QED) is 0.529. The first-order valence-corrected chi connectivity index (χ1v) is 6.70. The Morgan fingerprint density at radius 2 is 2.22 bits per heavy atom. The van der Waals surface area contributed by atoms with Crippen LogP contribution in [0.15, 0.2) is 23.3 Å². The first-order chi connectivity index (χ1) is 8.42. The highest BCUT2D eigenvalue weighted by Crippen LogP contribution is 2.55. The van der Waals surface area contributed by atoms with Crippen molar-refractivity contribution in [3.8, 4) is 0 Å². The number of hydrogen-bond donors (Lipinski definition) is 1. The standard InChI is InChI=1S/C15H20O3/c1-8-10-6-11-9(2)12(16)4-5-15(11,3)7-13(10)18-14(8)17/h11-13,16H,2,4-7H2,1,3H3/t11-,12-,13+,15-/m1/s1. The fraction of sp³-hybridized carbons (Fsp3) is 0.667. The highest BCUT2D eigenvalue weighted by Gasteiger charge is 2.50. The van der Waals surface area contributed by atoms with Gasteiger partial charge in [0.25, 0.3) is 0 Å². The summed E-state index contributed by atoms with van der Waals surface area (Å²) in [5.74, 6) is 0.125. The smallest absolute Gasteiger partial charge is 0.334 e. The largest absolute Gasteiger partial charge is 0.454 e. The van der Waals surface area contributed by atoms with Gasteiger partial charge in [-0.05, 0) is 55.1 Å². The zero-order chi connectivity index (χ0) is 13.1. The van der Waals surface area contributed by atoms with Crippen LogP contribution in [0.5, 0.6) is 0 Å². The van der Waals surface area contributed by atoms with Crippen molar-refractivity contribution in [1.82, 2.24) is 0 Å². The Morgan fingerprint density at radius 3 is 2.94 bits per heavy atom. The van der Waals surface area contributed by atoms with Crippen LogP contribution in [0, 0.1) is 11.3 Å². The third-order valence-electron chi connectivity index (χ3n) is 5.21. The van der Waals surface area contributed by atoms with Gasteiger partial charge in [-0.3, -0.25) is 0 Å². The highest BCUT2D eigenvalue weighted by atomic mass is 16.5. The van der Waals surface area contributed by atoms with E-state index in [1.807, 2.05) is 6.92 Å². The lowest BCUT2D eigenvalue weighted by molar-refractivity contribution is -0.142. The summed E-state index contributed by atoms with van der Waals surface area (Å²) in [5, 5.41) is 9.98. The van der Waals surface area contributed by atoms with Crippen molar-refractivity contribution in [2.24, 2.45) is 11.3 Å². The van der Waals surface area contributed by atoms with E-state index in [0.29, 0.717) is 0 Å². The molecule has 3 rings (SSSR count). The van der Waals surface area contributed by atoms with Crippen molar-refractivity contribution in [3.05, 3.63) is 23.3 Å². The van der Waals surface area contributed by atoms with Crippen LogP contribution in [0.3, 0.4) is 0 Å². The minimum atomic E-state index is -0.376. The maximum Gasteiger partial charge on any atom is 0.334 e. The molecule has 3 aliphatic rings. The summed E-state index contributed by atoms with van der Waals surface area (Å²) in [6.07, 6.45) is 3.07. The van der Waals surface area contributed by atoms with Crippen molar-refractivity contribution >= 4 is 5.97 Å². The Bertz CT molecular complexity index is 462. The van der Waals surface area contributed by atoms with Crippen molar-refractivity contribution in [2.75, 3.05) is 0 Å². The van der Waals surface area contributed by atoms with Gasteiger partial charge in [-0.25, -0.2) is 4.79 Å². The minimum Gasteiger partial charge on any atom is -0.454 e. The fourth-order valence-corrected chi connectivity index (χ4v) is 3.88. The molecule has 3 nitrogen and oxygen atoms in total. The maximum absolute atomic E-state index is 11.6. The van der Waals surface area contributed by atoms with Crippen molar-refractivity contribution in [3.63, 3.8) is 0 Å². The summed E-state index contributed by atoms with van der Waals surface area (Å²) in [5.41, 5.74) is 2.98. The summed E-state index contributed by atoms with van der Waals surface area (Å²) in [7, 11) is 0. The average molecular weight is 248 g/mol. The molecule has 0 bridgehead atoms. The van der Waals surface area contributed by atoms with Gasteiger partial charge in [0.05, 0.1) is 6.10 Å². The number of fused-ring (bicyclic) bond motifs is 2. The molecule has 1 N–H and O–H groups in total. The SMILES string of the molecule is C=C1[C@H](O)CC[C@]2(C)C[C@@H]3OC(=O)C(C)=C3C[C@H]12. The highest BCUT2D eigenvalue weighted by molar-refractivity contribution is 5.91. The van der Waals surface area contributed by atoms with E-state index >= 15 is 0 Å². The van der Waals surface area contributed by atoms with Gasteiger partial charge in [-0.1, -0.05) is 13.5 Å². The molecule has 0 spiro atoms. The lowest BCUT2D eigenvalue weighted by atomic mass is 9.56. The Kier molecular flexibility index (Phi) is 2.46. The second kappa shape index (κ2) is 3.70. The molecule has 18 heavy (non-hydrogen) atoms. The third-order valence-corrected chi connectivity index (χ3v) is 5.21. The van der Waals surface area contributed by atoms with Crippen LogP contribution in [-0.4, -0.2) is 23.3 Å². The first kappa shape index (κ1) is 12.0. The number of carbonyl (C=O) groups is 1. The molecule has 2 fully saturated rings. The molecule has 1 aliphatic heterocycles. The average Bonchev–Trinajstić information content (AvgIpc) is 2.58. The monoisotopic (exact) mass is 248 g/mol. The van der Waals surface area contributed by atoms with Gasteiger partial charge < -0.3 is 9.84 Å². The molecule has 0 saturated heterocycles. The Labute approximate surface area is 108 Å². The van der Waals surface area contributed by atoms with E-state index in [1.165, 1.54) is 0 Å². The lowest BCUT2D eigenvalue weighted by Crippen LogP contribution is -2.44.